The monoisotopic (exact) mass is 215 g/mol. The van der Waals surface area contributed by atoms with Gasteiger partial charge in [-0.25, -0.2) is 0 Å². The van der Waals surface area contributed by atoms with Crippen LogP contribution in [0.5, 0.6) is 0 Å². The third kappa shape index (κ3) is 3.04. The predicted octanol–water partition coefficient (Wildman–Crippen LogP) is 1.86. The van der Waals surface area contributed by atoms with Gasteiger partial charge in [-0.1, -0.05) is 6.07 Å². The zero-order valence-corrected chi connectivity index (χ0v) is 9.47. The van der Waals surface area contributed by atoms with E-state index in [-0.39, 0.29) is 5.92 Å². The summed E-state index contributed by atoms with van der Waals surface area (Å²) in [5.41, 5.74) is 1.14. The molecule has 1 aromatic heterocycles. The average Bonchev–Trinajstić information content (AvgIpc) is 2.38. The second-order valence-corrected chi connectivity index (χ2v) is 4.34. The molecule has 1 saturated heterocycles. The summed E-state index contributed by atoms with van der Waals surface area (Å²) in [5, 5.41) is 8.91. The fourth-order valence-electron chi connectivity index (χ4n) is 2.18. The minimum absolute atomic E-state index is 0.234. The second-order valence-electron chi connectivity index (χ2n) is 4.34. The fraction of sp³-hybridized carbons (Fsp3) is 0.538. The van der Waals surface area contributed by atoms with Gasteiger partial charge in [-0.2, -0.15) is 5.26 Å². The molecule has 0 amide bonds. The number of pyridine rings is 1. The average molecular weight is 215 g/mol. The maximum Gasteiger partial charge on any atom is 0.0669 e. The van der Waals surface area contributed by atoms with Crippen LogP contribution in [0.25, 0.3) is 0 Å². The highest BCUT2D eigenvalue weighted by atomic mass is 15.1. The van der Waals surface area contributed by atoms with Crippen molar-refractivity contribution < 1.29 is 0 Å². The van der Waals surface area contributed by atoms with Crippen LogP contribution in [0.2, 0.25) is 0 Å². The van der Waals surface area contributed by atoms with Crippen molar-refractivity contribution in [3.63, 3.8) is 0 Å². The number of hydrogen-bond donors (Lipinski definition) is 0. The van der Waals surface area contributed by atoms with E-state index < -0.39 is 0 Å². The number of nitrogens with zero attached hydrogens (tertiary/aromatic N) is 3. The Morgan fingerprint density at radius 2 is 2.44 bits per heavy atom. The summed E-state index contributed by atoms with van der Waals surface area (Å²) in [7, 11) is 0. The fourth-order valence-corrected chi connectivity index (χ4v) is 2.18. The lowest BCUT2D eigenvalue weighted by molar-refractivity contribution is 0.201. The first-order valence-electron chi connectivity index (χ1n) is 5.90. The van der Waals surface area contributed by atoms with Gasteiger partial charge in [-0.3, -0.25) is 4.98 Å². The van der Waals surface area contributed by atoms with E-state index >= 15 is 0 Å². The molecule has 0 bridgehead atoms. The highest BCUT2D eigenvalue weighted by Crippen LogP contribution is 2.15. The van der Waals surface area contributed by atoms with E-state index in [1.807, 2.05) is 18.3 Å². The van der Waals surface area contributed by atoms with Crippen molar-refractivity contribution in [3.8, 4) is 6.07 Å². The smallest absolute Gasteiger partial charge is 0.0669 e. The number of nitriles is 1. The third-order valence-electron chi connectivity index (χ3n) is 3.10. The summed E-state index contributed by atoms with van der Waals surface area (Å²) in [6.45, 7) is 3.09. The van der Waals surface area contributed by atoms with Gasteiger partial charge in [0.15, 0.2) is 0 Å². The molecule has 0 N–H and O–H groups in total. The molecule has 2 rings (SSSR count). The summed E-state index contributed by atoms with van der Waals surface area (Å²) in [5.74, 6) is 0.234. The highest BCUT2D eigenvalue weighted by Gasteiger charge is 2.18. The molecule has 0 spiro atoms. The van der Waals surface area contributed by atoms with E-state index in [2.05, 4.69) is 22.0 Å². The molecular weight excluding hydrogens is 198 g/mol. The summed E-state index contributed by atoms with van der Waals surface area (Å²) >= 11 is 0. The van der Waals surface area contributed by atoms with Crippen molar-refractivity contribution in [1.82, 2.24) is 9.88 Å². The standard InChI is InChI=1S/C13H17N3/c14-10-12-4-3-8-16(11-12)9-6-13-5-1-2-7-15-13/h1-2,5,7,12H,3-4,6,8-9,11H2. The van der Waals surface area contributed by atoms with Crippen molar-refractivity contribution in [2.45, 2.75) is 19.3 Å². The molecule has 1 aliphatic heterocycles. The highest BCUT2D eigenvalue weighted by molar-refractivity contribution is 5.04. The lowest BCUT2D eigenvalue weighted by Crippen LogP contribution is -2.36. The van der Waals surface area contributed by atoms with Crippen LogP contribution in [0.1, 0.15) is 18.5 Å². The van der Waals surface area contributed by atoms with Crippen LogP contribution >= 0.6 is 0 Å². The Morgan fingerprint density at radius 3 is 3.19 bits per heavy atom. The maximum atomic E-state index is 8.91. The van der Waals surface area contributed by atoms with Gasteiger partial charge in [-0.15, -0.1) is 0 Å². The van der Waals surface area contributed by atoms with Crippen LogP contribution in [0.4, 0.5) is 0 Å². The Kier molecular flexibility index (Phi) is 3.90. The summed E-state index contributed by atoms with van der Waals surface area (Å²) in [6.07, 6.45) is 5.04. The van der Waals surface area contributed by atoms with Crippen molar-refractivity contribution >= 4 is 0 Å². The molecule has 1 aromatic rings. The van der Waals surface area contributed by atoms with E-state index in [1.54, 1.807) is 0 Å². The largest absolute Gasteiger partial charge is 0.302 e. The zero-order chi connectivity index (χ0) is 11.2. The molecule has 1 aliphatic rings. The summed E-state index contributed by atoms with van der Waals surface area (Å²) < 4.78 is 0. The Labute approximate surface area is 96.7 Å². The van der Waals surface area contributed by atoms with Gasteiger partial charge in [0.25, 0.3) is 0 Å². The predicted molar refractivity (Wildman–Crippen MR) is 62.7 cm³/mol. The Hall–Kier alpha value is -1.40. The van der Waals surface area contributed by atoms with Crippen LogP contribution in [0, 0.1) is 17.2 Å². The molecule has 1 fully saturated rings. The molecule has 0 radical (unpaired) electrons. The van der Waals surface area contributed by atoms with Gasteiger partial charge in [0, 0.05) is 31.4 Å². The Morgan fingerprint density at radius 1 is 1.50 bits per heavy atom. The van der Waals surface area contributed by atoms with Crippen LogP contribution in [-0.4, -0.2) is 29.5 Å². The first-order chi connectivity index (χ1) is 7.88. The molecule has 3 nitrogen and oxygen atoms in total. The Bertz CT molecular complexity index is 355. The number of hydrogen-bond acceptors (Lipinski definition) is 3. The van der Waals surface area contributed by atoms with E-state index in [0.29, 0.717) is 0 Å². The van der Waals surface area contributed by atoms with E-state index in [4.69, 9.17) is 5.26 Å². The van der Waals surface area contributed by atoms with Crippen molar-refractivity contribution in [3.05, 3.63) is 30.1 Å². The van der Waals surface area contributed by atoms with Gasteiger partial charge in [0.1, 0.15) is 0 Å². The first-order valence-corrected chi connectivity index (χ1v) is 5.90. The minimum Gasteiger partial charge on any atom is -0.302 e. The van der Waals surface area contributed by atoms with Crippen LogP contribution in [-0.2, 0) is 6.42 Å². The molecule has 84 valence electrons. The van der Waals surface area contributed by atoms with Gasteiger partial charge in [-0.05, 0) is 31.5 Å². The molecule has 0 saturated carbocycles. The summed E-state index contributed by atoms with van der Waals surface area (Å²) in [6, 6.07) is 8.40. The topological polar surface area (TPSA) is 39.9 Å². The maximum absolute atomic E-state index is 8.91. The quantitative estimate of drug-likeness (QED) is 0.772. The van der Waals surface area contributed by atoms with E-state index in [0.717, 1.165) is 44.6 Å². The molecular formula is C13H17N3. The lowest BCUT2D eigenvalue weighted by atomic mass is 9.99. The molecule has 0 aliphatic carbocycles. The molecule has 2 heterocycles. The number of piperidine rings is 1. The van der Waals surface area contributed by atoms with Gasteiger partial charge < -0.3 is 4.90 Å². The third-order valence-corrected chi connectivity index (χ3v) is 3.10. The Balaban J connectivity index is 1.80. The van der Waals surface area contributed by atoms with Crippen molar-refractivity contribution in [1.29, 1.82) is 5.26 Å². The molecule has 0 aromatic carbocycles. The second kappa shape index (κ2) is 5.62. The van der Waals surface area contributed by atoms with Crippen molar-refractivity contribution in [2.24, 2.45) is 5.92 Å². The zero-order valence-electron chi connectivity index (χ0n) is 9.47. The SMILES string of the molecule is N#CC1CCCN(CCc2ccccn2)C1. The van der Waals surface area contributed by atoms with Crippen LogP contribution in [0.3, 0.4) is 0 Å². The normalized spacial score (nSPS) is 21.6. The van der Waals surface area contributed by atoms with Crippen molar-refractivity contribution in [2.75, 3.05) is 19.6 Å². The first kappa shape index (κ1) is 11.1. The molecule has 1 atom stereocenters. The lowest BCUT2D eigenvalue weighted by Gasteiger charge is -2.29. The van der Waals surface area contributed by atoms with Gasteiger partial charge >= 0.3 is 0 Å². The molecule has 3 heteroatoms. The number of aromatic nitrogens is 1. The van der Waals surface area contributed by atoms with Gasteiger partial charge in [0.2, 0.25) is 0 Å². The van der Waals surface area contributed by atoms with E-state index in [1.165, 1.54) is 0 Å². The summed E-state index contributed by atoms with van der Waals surface area (Å²) in [4.78, 5) is 6.69. The number of likely N-dealkylation sites (tertiary alicyclic amines) is 1. The number of rotatable bonds is 3. The van der Waals surface area contributed by atoms with E-state index in [9.17, 15) is 0 Å². The van der Waals surface area contributed by atoms with Crippen LogP contribution < -0.4 is 0 Å². The molecule has 16 heavy (non-hydrogen) atoms. The van der Waals surface area contributed by atoms with Gasteiger partial charge in [0.05, 0.1) is 12.0 Å². The van der Waals surface area contributed by atoms with Crippen LogP contribution in [0.15, 0.2) is 24.4 Å². The minimum atomic E-state index is 0.234. The molecule has 1 unspecified atom stereocenters.